The Morgan fingerprint density at radius 2 is 1.92 bits per heavy atom. The summed E-state index contributed by atoms with van der Waals surface area (Å²) in [7, 11) is 1.56. The van der Waals surface area contributed by atoms with Crippen LogP contribution in [0.4, 0.5) is 16.2 Å². The van der Waals surface area contributed by atoms with Crippen LogP contribution in [0.2, 0.25) is 5.02 Å². The number of nitrogens with one attached hydrogen (secondary N) is 2. The van der Waals surface area contributed by atoms with Gasteiger partial charge in [-0.15, -0.1) is 0 Å². The Labute approximate surface area is 141 Å². The zero-order valence-electron chi connectivity index (χ0n) is 12.6. The predicted molar refractivity (Wildman–Crippen MR) is 92.1 cm³/mol. The van der Waals surface area contributed by atoms with E-state index in [1.807, 2.05) is 0 Å². The highest BCUT2D eigenvalue weighted by molar-refractivity contribution is 6.30. The highest BCUT2D eigenvalue weighted by Crippen LogP contribution is 2.15. The average Bonchev–Trinajstić information content (AvgIpc) is 2.58. The van der Waals surface area contributed by atoms with E-state index >= 15 is 0 Å². The monoisotopic (exact) mass is 344 g/mol. The Morgan fingerprint density at radius 3 is 2.62 bits per heavy atom. The first kappa shape index (κ1) is 15.8. The number of methoxy groups -OCH3 is 1. The van der Waals surface area contributed by atoms with Crippen molar-refractivity contribution >= 4 is 34.7 Å². The summed E-state index contributed by atoms with van der Waals surface area (Å²) in [5.41, 5.74) is 0.615. The number of benzene rings is 1. The maximum absolute atomic E-state index is 12.4. The van der Waals surface area contributed by atoms with Crippen molar-refractivity contribution in [2.75, 3.05) is 17.7 Å². The van der Waals surface area contributed by atoms with E-state index in [9.17, 15) is 9.59 Å². The summed E-state index contributed by atoms with van der Waals surface area (Å²) in [4.78, 5) is 28.5. The molecule has 3 rings (SSSR count). The van der Waals surface area contributed by atoms with Crippen LogP contribution in [0.1, 0.15) is 0 Å². The second-order valence-electron chi connectivity index (χ2n) is 4.86. The van der Waals surface area contributed by atoms with E-state index in [1.54, 1.807) is 43.5 Å². The van der Waals surface area contributed by atoms with E-state index < -0.39 is 11.6 Å². The fourth-order valence-corrected chi connectivity index (χ4v) is 2.26. The number of pyridine rings is 1. The van der Waals surface area contributed by atoms with E-state index in [0.29, 0.717) is 22.1 Å². The predicted octanol–water partition coefficient (Wildman–Crippen LogP) is 3.00. The SMILES string of the molecule is COc1ccc(NC(=O)Nc2cnc3ccc(Cl)cn3c2=O)cc1. The van der Waals surface area contributed by atoms with Gasteiger partial charge >= 0.3 is 6.03 Å². The van der Waals surface area contributed by atoms with Crippen molar-refractivity contribution in [2.24, 2.45) is 0 Å². The Hall–Kier alpha value is -3.06. The third-order valence-corrected chi connectivity index (χ3v) is 3.49. The number of carbonyl (C=O) groups is 1. The first-order chi connectivity index (χ1) is 11.6. The highest BCUT2D eigenvalue weighted by atomic mass is 35.5. The summed E-state index contributed by atoms with van der Waals surface area (Å²) in [5, 5.41) is 5.49. The average molecular weight is 345 g/mol. The van der Waals surface area contributed by atoms with Gasteiger partial charge in [-0.2, -0.15) is 0 Å². The van der Waals surface area contributed by atoms with E-state index in [4.69, 9.17) is 16.3 Å². The second kappa shape index (κ2) is 6.59. The van der Waals surface area contributed by atoms with Gasteiger partial charge in [0.2, 0.25) is 0 Å². The summed E-state index contributed by atoms with van der Waals surface area (Å²) in [6.07, 6.45) is 2.75. The molecule has 0 fully saturated rings. The van der Waals surface area contributed by atoms with E-state index in [0.717, 1.165) is 0 Å². The van der Waals surface area contributed by atoms with Gasteiger partial charge in [0.25, 0.3) is 5.56 Å². The van der Waals surface area contributed by atoms with Gasteiger partial charge in [0, 0.05) is 11.9 Å². The third-order valence-electron chi connectivity index (χ3n) is 3.26. The highest BCUT2D eigenvalue weighted by Gasteiger charge is 2.09. The lowest BCUT2D eigenvalue weighted by atomic mass is 10.3. The van der Waals surface area contributed by atoms with Gasteiger partial charge in [-0.3, -0.25) is 9.20 Å². The van der Waals surface area contributed by atoms with Crippen LogP contribution in [0.25, 0.3) is 5.65 Å². The summed E-state index contributed by atoms with van der Waals surface area (Å²) >= 11 is 5.88. The lowest BCUT2D eigenvalue weighted by Crippen LogP contribution is -2.26. The molecular formula is C16H13ClN4O3. The van der Waals surface area contributed by atoms with Crippen molar-refractivity contribution in [2.45, 2.75) is 0 Å². The lowest BCUT2D eigenvalue weighted by molar-refractivity contribution is 0.262. The van der Waals surface area contributed by atoms with Gasteiger partial charge in [0.05, 0.1) is 18.3 Å². The summed E-state index contributed by atoms with van der Waals surface area (Å²) in [6, 6.07) is 9.49. The first-order valence-corrected chi connectivity index (χ1v) is 7.33. The molecule has 7 nitrogen and oxygen atoms in total. The standard InChI is InChI=1S/C16H13ClN4O3/c1-24-12-5-3-11(4-6-12)19-16(23)20-13-8-18-14-7-2-10(17)9-21(14)15(13)22/h2-9H,1H3,(H2,19,20,23). The fourth-order valence-electron chi connectivity index (χ4n) is 2.10. The Bertz CT molecular complexity index is 954. The molecule has 2 heterocycles. The van der Waals surface area contributed by atoms with Crippen LogP contribution in [-0.2, 0) is 0 Å². The number of carbonyl (C=O) groups excluding carboxylic acids is 1. The van der Waals surface area contributed by atoms with Crippen molar-refractivity contribution in [3.05, 3.63) is 64.2 Å². The number of urea groups is 1. The fraction of sp³-hybridized carbons (Fsp3) is 0.0625. The summed E-state index contributed by atoms with van der Waals surface area (Å²) < 4.78 is 6.31. The molecule has 0 saturated carbocycles. The zero-order valence-corrected chi connectivity index (χ0v) is 13.4. The minimum absolute atomic E-state index is 0.0424. The third kappa shape index (κ3) is 3.31. The molecule has 1 aromatic carbocycles. The molecule has 3 aromatic rings. The maximum atomic E-state index is 12.4. The molecule has 0 bridgehead atoms. The van der Waals surface area contributed by atoms with Crippen molar-refractivity contribution in [3.8, 4) is 5.75 Å². The number of nitrogens with zero attached hydrogens (tertiary/aromatic N) is 2. The van der Waals surface area contributed by atoms with Gasteiger partial charge in [0.1, 0.15) is 17.1 Å². The van der Waals surface area contributed by atoms with Crippen molar-refractivity contribution in [3.63, 3.8) is 0 Å². The van der Waals surface area contributed by atoms with Crippen LogP contribution < -0.4 is 20.9 Å². The van der Waals surface area contributed by atoms with E-state index in [-0.39, 0.29) is 5.69 Å². The minimum Gasteiger partial charge on any atom is -0.497 e. The van der Waals surface area contributed by atoms with Gasteiger partial charge in [0.15, 0.2) is 0 Å². The lowest BCUT2D eigenvalue weighted by Gasteiger charge is -2.09. The van der Waals surface area contributed by atoms with Gasteiger partial charge in [-0.1, -0.05) is 11.6 Å². The molecule has 0 aliphatic heterocycles. The van der Waals surface area contributed by atoms with Crippen LogP contribution in [0.15, 0.2) is 53.6 Å². The Balaban J connectivity index is 1.79. The molecular weight excluding hydrogens is 332 g/mol. The summed E-state index contributed by atoms with van der Waals surface area (Å²) in [5.74, 6) is 0.676. The number of anilines is 2. The second-order valence-corrected chi connectivity index (χ2v) is 5.30. The molecule has 0 aliphatic carbocycles. The van der Waals surface area contributed by atoms with E-state index in [1.165, 1.54) is 16.8 Å². The zero-order chi connectivity index (χ0) is 17.1. The van der Waals surface area contributed by atoms with Crippen molar-refractivity contribution in [1.29, 1.82) is 0 Å². The molecule has 2 aromatic heterocycles. The molecule has 0 saturated heterocycles. The van der Waals surface area contributed by atoms with Crippen LogP contribution in [-0.4, -0.2) is 22.5 Å². The van der Waals surface area contributed by atoms with E-state index in [2.05, 4.69) is 15.6 Å². The molecule has 0 aliphatic rings. The van der Waals surface area contributed by atoms with Crippen LogP contribution in [0.5, 0.6) is 5.75 Å². The topological polar surface area (TPSA) is 84.7 Å². The molecule has 2 amide bonds. The Kier molecular flexibility index (Phi) is 4.35. The Morgan fingerprint density at radius 1 is 1.17 bits per heavy atom. The number of aromatic nitrogens is 2. The van der Waals surface area contributed by atoms with Crippen molar-refractivity contribution in [1.82, 2.24) is 9.38 Å². The molecule has 0 unspecified atom stereocenters. The van der Waals surface area contributed by atoms with Crippen LogP contribution >= 0.6 is 11.6 Å². The molecule has 8 heteroatoms. The number of ether oxygens (including phenoxy) is 1. The molecule has 24 heavy (non-hydrogen) atoms. The number of halogens is 1. The molecule has 0 radical (unpaired) electrons. The number of fused-ring (bicyclic) bond motifs is 1. The number of hydrogen-bond donors (Lipinski definition) is 2. The minimum atomic E-state index is -0.555. The van der Waals surface area contributed by atoms with Gasteiger partial charge in [-0.05, 0) is 36.4 Å². The van der Waals surface area contributed by atoms with Gasteiger partial charge < -0.3 is 15.4 Å². The number of hydrogen-bond acceptors (Lipinski definition) is 4. The quantitative estimate of drug-likeness (QED) is 0.765. The summed E-state index contributed by atoms with van der Waals surface area (Å²) in [6.45, 7) is 0. The number of rotatable bonds is 3. The largest absolute Gasteiger partial charge is 0.497 e. The van der Waals surface area contributed by atoms with Crippen LogP contribution in [0, 0.1) is 0 Å². The van der Waals surface area contributed by atoms with Gasteiger partial charge in [-0.25, -0.2) is 9.78 Å². The first-order valence-electron chi connectivity index (χ1n) is 6.96. The molecule has 2 N–H and O–H groups in total. The maximum Gasteiger partial charge on any atom is 0.323 e. The molecule has 0 spiro atoms. The van der Waals surface area contributed by atoms with Crippen molar-refractivity contribution < 1.29 is 9.53 Å². The molecule has 122 valence electrons. The van der Waals surface area contributed by atoms with Crippen LogP contribution in [0.3, 0.4) is 0 Å². The number of amides is 2. The molecule has 0 atom stereocenters. The smallest absolute Gasteiger partial charge is 0.323 e. The normalized spacial score (nSPS) is 10.4.